The van der Waals surface area contributed by atoms with Crippen LogP contribution in [0.1, 0.15) is 11.1 Å². The number of thioether (sulfide) groups is 2. The first-order chi connectivity index (χ1) is 12.6. The molecule has 0 atom stereocenters. The van der Waals surface area contributed by atoms with E-state index in [2.05, 4.69) is 21.1 Å². The zero-order valence-corrected chi connectivity index (χ0v) is 15.3. The van der Waals surface area contributed by atoms with Crippen molar-refractivity contribution >= 4 is 39.5 Å². The molecule has 2 aromatic rings. The fraction of sp³-hybridized carbons (Fsp3) is 0.222. The van der Waals surface area contributed by atoms with E-state index in [1.807, 2.05) is 18.2 Å². The summed E-state index contributed by atoms with van der Waals surface area (Å²) in [5, 5.41) is 2.80. The number of nitrogens with one attached hydrogen (secondary N) is 1. The lowest BCUT2D eigenvalue weighted by atomic mass is 10.2. The monoisotopic (exact) mass is 394 g/mol. The van der Waals surface area contributed by atoms with Crippen LogP contribution < -0.4 is 10.1 Å². The fourth-order valence-corrected chi connectivity index (χ4v) is 4.15. The number of benzene rings is 2. The van der Waals surface area contributed by atoms with Crippen LogP contribution in [-0.4, -0.2) is 22.6 Å². The summed E-state index contributed by atoms with van der Waals surface area (Å²) < 4.78 is 29.4. The highest BCUT2D eigenvalue weighted by Crippen LogP contribution is 2.34. The quantitative estimate of drug-likeness (QED) is 0.780. The van der Waals surface area contributed by atoms with Gasteiger partial charge in [0.1, 0.15) is 10.1 Å². The summed E-state index contributed by atoms with van der Waals surface area (Å²) in [7, 11) is 0. The third kappa shape index (κ3) is 5.47. The van der Waals surface area contributed by atoms with Crippen LogP contribution in [0.25, 0.3) is 0 Å². The van der Waals surface area contributed by atoms with Gasteiger partial charge in [-0.2, -0.15) is 8.78 Å². The molecule has 1 N–H and O–H groups in total. The maximum Gasteiger partial charge on any atom is 0.387 e. The predicted molar refractivity (Wildman–Crippen MR) is 102 cm³/mol. The molecule has 8 heteroatoms. The van der Waals surface area contributed by atoms with Crippen LogP contribution in [-0.2, 0) is 17.1 Å². The van der Waals surface area contributed by atoms with Crippen LogP contribution in [0.2, 0.25) is 0 Å². The summed E-state index contributed by atoms with van der Waals surface area (Å²) in [5.74, 6) is 1.13. The first kappa shape index (κ1) is 18.7. The van der Waals surface area contributed by atoms with E-state index in [0.29, 0.717) is 6.54 Å². The number of aliphatic imine (C=N–C) groups is 1. The normalized spacial score (nSPS) is 13.1. The van der Waals surface area contributed by atoms with Gasteiger partial charge in [-0.15, -0.1) is 0 Å². The minimum Gasteiger partial charge on any atom is -0.435 e. The van der Waals surface area contributed by atoms with Crippen molar-refractivity contribution in [3.05, 3.63) is 59.7 Å². The lowest BCUT2D eigenvalue weighted by molar-refractivity contribution is -0.118. The van der Waals surface area contributed by atoms with E-state index in [9.17, 15) is 13.6 Å². The molecule has 1 heterocycles. The Morgan fingerprint density at radius 2 is 2.00 bits per heavy atom. The van der Waals surface area contributed by atoms with Crippen LogP contribution in [0.15, 0.2) is 53.5 Å². The Morgan fingerprint density at radius 1 is 1.23 bits per heavy atom. The molecule has 4 nitrogen and oxygen atoms in total. The number of fused-ring (bicyclic) bond motifs is 1. The summed E-state index contributed by atoms with van der Waals surface area (Å²) in [5.41, 5.74) is 2.97. The molecule has 0 aliphatic carbocycles. The van der Waals surface area contributed by atoms with E-state index in [1.54, 1.807) is 23.9 Å². The Bertz CT molecular complexity index is 798. The number of hydrogen-bond donors (Lipinski definition) is 1. The summed E-state index contributed by atoms with van der Waals surface area (Å²) in [6.07, 6.45) is 0. The van der Waals surface area contributed by atoms with E-state index >= 15 is 0 Å². The number of para-hydroxylation sites is 1. The molecule has 3 rings (SSSR count). The Morgan fingerprint density at radius 3 is 2.77 bits per heavy atom. The van der Waals surface area contributed by atoms with Crippen molar-refractivity contribution in [2.24, 2.45) is 4.99 Å². The van der Waals surface area contributed by atoms with E-state index in [-0.39, 0.29) is 17.4 Å². The van der Waals surface area contributed by atoms with Gasteiger partial charge >= 0.3 is 6.61 Å². The minimum absolute atomic E-state index is 0.0956. The maximum atomic E-state index is 12.1. The molecule has 0 fully saturated rings. The number of ether oxygens (including phenoxy) is 1. The highest BCUT2D eigenvalue weighted by atomic mass is 32.2. The summed E-state index contributed by atoms with van der Waals surface area (Å²) >= 11 is 3.04. The van der Waals surface area contributed by atoms with E-state index in [1.165, 1.54) is 29.5 Å². The first-order valence-corrected chi connectivity index (χ1v) is 9.80. The molecule has 0 saturated carbocycles. The van der Waals surface area contributed by atoms with Crippen molar-refractivity contribution in [2.45, 2.75) is 18.9 Å². The van der Waals surface area contributed by atoms with E-state index in [0.717, 1.165) is 21.4 Å². The van der Waals surface area contributed by atoms with Crippen molar-refractivity contribution in [3.63, 3.8) is 0 Å². The Hall–Kier alpha value is -2.06. The molecule has 0 radical (unpaired) electrons. The number of alkyl halides is 2. The molecular formula is C18H16F2N2O2S2. The third-order valence-electron chi connectivity index (χ3n) is 3.52. The molecule has 2 aromatic carbocycles. The van der Waals surface area contributed by atoms with Gasteiger partial charge in [0.25, 0.3) is 0 Å². The number of hydrogen-bond acceptors (Lipinski definition) is 5. The van der Waals surface area contributed by atoms with Gasteiger partial charge in [0, 0.05) is 12.3 Å². The first-order valence-electron chi connectivity index (χ1n) is 7.83. The highest BCUT2D eigenvalue weighted by Gasteiger charge is 2.14. The number of nitrogens with zero attached hydrogens (tertiary/aromatic N) is 1. The van der Waals surface area contributed by atoms with Crippen molar-refractivity contribution in [2.75, 3.05) is 5.75 Å². The van der Waals surface area contributed by atoms with Crippen molar-refractivity contribution < 1.29 is 18.3 Å². The zero-order chi connectivity index (χ0) is 18.4. The van der Waals surface area contributed by atoms with Gasteiger partial charge in [-0.25, -0.2) is 4.99 Å². The second-order valence-corrected chi connectivity index (χ2v) is 7.57. The SMILES string of the molecule is O=C(CSC1=Nc2ccccc2CS1)NCc1ccc(OC(F)F)cc1. The standard InChI is InChI=1S/C18H16F2N2O2S2/c19-17(20)24-14-7-5-12(6-8-14)9-21-16(23)11-26-18-22-15-4-2-1-3-13(15)10-25-18/h1-8,17H,9-11H2,(H,21,23). The van der Waals surface area contributed by atoms with Gasteiger partial charge in [-0.1, -0.05) is 53.9 Å². The van der Waals surface area contributed by atoms with Crippen molar-refractivity contribution in [1.82, 2.24) is 5.32 Å². The highest BCUT2D eigenvalue weighted by molar-refractivity contribution is 8.38. The van der Waals surface area contributed by atoms with Crippen molar-refractivity contribution in [1.29, 1.82) is 0 Å². The largest absolute Gasteiger partial charge is 0.435 e. The van der Waals surface area contributed by atoms with Crippen LogP contribution in [0, 0.1) is 0 Å². The number of carbonyl (C=O) groups excluding carboxylic acids is 1. The predicted octanol–water partition coefficient (Wildman–Crippen LogP) is 4.57. The maximum absolute atomic E-state index is 12.1. The molecule has 0 bridgehead atoms. The number of amides is 1. The Labute approximate surface area is 158 Å². The van der Waals surface area contributed by atoms with Gasteiger partial charge in [-0.05, 0) is 29.3 Å². The zero-order valence-electron chi connectivity index (χ0n) is 13.7. The topological polar surface area (TPSA) is 50.7 Å². The Kier molecular flexibility index (Phi) is 6.51. The molecule has 136 valence electrons. The van der Waals surface area contributed by atoms with Gasteiger partial charge < -0.3 is 10.1 Å². The summed E-state index contributed by atoms with van der Waals surface area (Å²) in [6.45, 7) is -2.51. The molecule has 1 aliphatic heterocycles. The lowest BCUT2D eigenvalue weighted by Gasteiger charge is -2.14. The summed E-state index contributed by atoms with van der Waals surface area (Å²) in [6, 6.07) is 14.2. The molecule has 26 heavy (non-hydrogen) atoms. The van der Waals surface area contributed by atoms with Gasteiger partial charge in [0.05, 0.1) is 11.4 Å². The smallest absolute Gasteiger partial charge is 0.387 e. The van der Waals surface area contributed by atoms with E-state index in [4.69, 9.17) is 0 Å². The van der Waals surface area contributed by atoms with Gasteiger partial charge in [0.2, 0.25) is 5.91 Å². The van der Waals surface area contributed by atoms with Crippen LogP contribution >= 0.6 is 23.5 Å². The van der Waals surface area contributed by atoms with Crippen molar-refractivity contribution in [3.8, 4) is 5.75 Å². The lowest BCUT2D eigenvalue weighted by Crippen LogP contribution is -2.25. The molecule has 0 saturated heterocycles. The van der Waals surface area contributed by atoms with Crippen LogP contribution in [0.3, 0.4) is 0 Å². The molecule has 1 aliphatic rings. The fourth-order valence-electron chi connectivity index (χ4n) is 2.25. The average molecular weight is 394 g/mol. The molecule has 1 amide bonds. The van der Waals surface area contributed by atoms with Gasteiger partial charge in [0.15, 0.2) is 0 Å². The number of rotatable bonds is 6. The molecular weight excluding hydrogens is 378 g/mol. The number of carbonyl (C=O) groups is 1. The second-order valence-electron chi connectivity index (χ2n) is 5.38. The van der Waals surface area contributed by atoms with Crippen LogP contribution in [0.4, 0.5) is 14.5 Å². The van der Waals surface area contributed by atoms with Gasteiger partial charge in [-0.3, -0.25) is 4.79 Å². The second kappa shape index (κ2) is 9.05. The summed E-state index contributed by atoms with van der Waals surface area (Å²) in [4.78, 5) is 16.6. The average Bonchev–Trinajstić information content (AvgIpc) is 2.65. The Balaban J connectivity index is 1.44. The molecule has 0 unspecified atom stereocenters. The van der Waals surface area contributed by atoms with E-state index < -0.39 is 6.61 Å². The third-order valence-corrected chi connectivity index (χ3v) is 5.76. The molecule has 0 spiro atoms. The molecule has 0 aromatic heterocycles. The van der Waals surface area contributed by atoms with Crippen LogP contribution in [0.5, 0.6) is 5.75 Å². The number of halogens is 2. The minimum atomic E-state index is -2.84.